The quantitative estimate of drug-likeness (QED) is 0.533. The van der Waals surface area contributed by atoms with Crippen LogP contribution in [0.3, 0.4) is 0 Å². The summed E-state index contributed by atoms with van der Waals surface area (Å²) in [4.78, 5) is 10.5. The lowest BCUT2D eigenvalue weighted by Gasteiger charge is -2.01. The van der Waals surface area contributed by atoms with E-state index in [1.54, 1.807) is 6.92 Å². The molecule has 2 heteroatoms. The molecule has 2 unspecified atom stereocenters. The normalized spacial score (nSPS) is 13.4. The maximum absolute atomic E-state index is 10.5. The van der Waals surface area contributed by atoms with Crippen molar-refractivity contribution in [3.05, 3.63) is 0 Å². The molecule has 0 saturated heterocycles. The van der Waals surface area contributed by atoms with Gasteiger partial charge in [-0.2, -0.15) is 0 Å². The maximum atomic E-state index is 10.5. The van der Waals surface area contributed by atoms with Crippen LogP contribution in [0.5, 0.6) is 0 Å². The Kier molecular flexibility index (Phi) is 4.08. The summed E-state index contributed by atoms with van der Waals surface area (Å²) in [6.07, 6.45) is 2.09. The summed E-state index contributed by atoms with van der Waals surface area (Å²) in [5.74, 6) is 0.275. The molecule has 2 atom stereocenters. The average molecular weight is 132 g/mol. The molecule has 0 aliphatic carbocycles. The van der Waals surface area contributed by atoms with Crippen molar-refractivity contribution < 1.29 is 4.79 Å². The molecule has 0 saturated carbocycles. The van der Waals surface area contributed by atoms with Crippen molar-refractivity contribution >= 4 is 15.0 Å². The van der Waals surface area contributed by atoms with Gasteiger partial charge in [0.15, 0.2) is 0 Å². The zero-order chi connectivity index (χ0) is 6.57. The number of hydrogen-bond donors (Lipinski definition) is 0. The number of rotatable bonds is 3. The Morgan fingerprint density at radius 2 is 2.25 bits per heavy atom. The molecular formula is C6H13OP. The third-order valence-corrected chi connectivity index (χ3v) is 1.92. The van der Waals surface area contributed by atoms with Crippen molar-refractivity contribution in [1.29, 1.82) is 0 Å². The highest BCUT2D eigenvalue weighted by atomic mass is 31.0. The van der Waals surface area contributed by atoms with Gasteiger partial charge in [0, 0.05) is 5.66 Å². The Hall–Kier alpha value is 0.100. The Bertz CT molecular complexity index is 80.6. The van der Waals surface area contributed by atoms with Gasteiger partial charge >= 0.3 is 0 Å². The van der Waals surface area contributed by atoms with E-state index < -0.39 is 0 Å². The number of carbonyl (C=O) groups is 1. The molecule has 0 fully saturated rings. The molecule has 8 heavy (non-hydrogen) atoms. The summed E-state index contributed by atoms with van der Waals surface area (Å²) in [7, 11) is 2.54. The van der Waals surface area contributed by atoms with E-state index in [9.17, 15) is 4.79 Å². The third-order valence-electron chi connectivity index (χ3n) is 1.12. The lowest BCUT2D eigenvalue weighted by atomic mass is 10.2. The number of ketones is 1. The van der Waals surface area contributed by atoms with Crippen LogP contribution in [0.15, 0.2) is 0 Å². The van der Waals surface area contributed by atoms with E-state index in [0.29, 0.717) is 0 Å². The van der Waals surface area contributed by atoms with E-state index in [-0.39, 0.29) is 11.4 Å². The molecule has 0 spiro atoms. The molecule has 0 rings (SSSR count). The smallest absolute Gasteiger partial charge is 0.136 e. The van der Waals surface area contributed by atoms with E-state index in [2.05, 4.69) is 16.2 Å². The molecule has 48 valence electrons. The first-order valence-corrected chi connectivity index (χ1v) is 3.61. The zero-order valence-corrected chi connectivity index (χ0v) is 6.63. The molecule has 0 aromatic heterocycles. The van der Waals surface area contributed by atoms with Crippen molar-refractivity contribution in [2.45, 2.75) is 32.3 Å². The number of Topliss-reactive ketones (excluding diaryl/α,β-unsaturated/α-hetero) is 1. The average Bonchev–Trinajstić information content (AvgIpc) is 1.67. The van der Waals surface area contributed by atoms with Gasteiger partial charge in [0.05, 0.1) is 0 Å². The molecule has 0 bridgehead atoms. The highest BCUT2D eigenvalue weighted by molar-refractivity contribution is 7.19. The zero-order valence-electron chi connectivity index (χ0n) is 5.48. The van der Waals surface area contributed by atoms with Gasteiger partial charge in [-0.05, 0) is 13.3 Å². The first-order valence-electron chi connectivity index (χ1n) is 2.94. The largest absolute Gasteiger partial charge is 0.299 e. The van der Waals surface area contributed by atoms with Gasteiger partial charge in [-0.15, -0.1) is 9.24 Å². The number of hydrogen-bond acceptors (Lipinski definition) is 1. The number of carbonyl (C=O) groups excluding carboxylic acids is 1. The van der Waals surface area contributed by atoms with Crippen LogP contribution in [-0.2, 0) is 4.79 Å². The van der Waals surface area contributed by atoms with Gasteiger partial charge in [-0.3, -0.25) is 4.79 Å². The van der Waals surface area contributed by atoms with Crippen LogP contribution < -0.4 is 0 Å². The minimum Gasteiger partial charge on any atom is -0.299 e. The standard InChI is InChI=1S/C6H13OP/c1-3-4-6(8)5(2)7/h6H,3-4,8H2,1-2H3. The summed E-state index contributed by atoms with van der Waals surface area (Å²) < 4.78 is 0. The Balaban J connectivity index is 3.32. The van der Waals surface area contributed by atoms with Crippen LogP contribution in [0.2, 0.25) is 0 Å². The summed E-state index contributed by atoms with van der Waals surface area (Å²) >= 11 is 0. The molecule has 1 nitrogen and oxygen atoms in total. The SMILES string of the molecule is CCCC(P)C(C)=O. The van der Waals surface area contributed by atoms with Crippen molar-refractivity contribution in [2.24, 2.45) is 0 Å². The fourth-order valence-electron chi connectivity index (χ4n) is 0.514. The fourth-order valence-corrected chi connectivity index (χ4v) is 0.848. The molecule has 0 aromatic rings. The van der Waals surface area contributed by atoms with Gasteiger partial charge in [0.25, 0.3) is 0 Å². The van der Waals surface area contributed by atoms with E-state index in [4.69, 9.17) is 0 Å². The second kappa shape index (κ2) is 4.03. The van der Waals surface area contributed by atoms with E-state index >= 15 is 0 Å². The first-order chi connectivity index (χ1) is 3.68. The maximum Gasteiger partial charge on any atom is 0.136 e. The van der Waals surface area contributed by atoms with Crippen molar-refractivity contribution in [2.75, 3.05) is 0 Å². The van der Waals surface area contributed by atoms with Gasteiger partial charge in [-0.1, -0.05) is 13.3 Å². The molecule has 0 N–H and O–H groups in total. The molecule has 0 amide bonds. The summed E-state index contributed by atoms with van der Waals surface area (Å²) in [6, 6.07) is 0. The van der Waals surface area contributed by atoms with Gasteiger partial charge in [0.2, 0.25) is 0 Å². The highest BCUT2D eigenvalue weighted by Crippen LogP contribution is 2.07. The second-order valence-electron chi connectivity index (χ2n) is 2.01. The molecule has 0 aromatic carbocycles. The summed E-state index contributed by atoms with van der Waals surface area (Å²) in [5, 5.41) is 0. The van der Waals surface area contributed by atoms with E-state index in [1.807, 2.05) is 0 Å². The summed E-state index contributed by atoms with van der Waals surface area (Å²) in [6.45, 7) is 3.72. The van der Waals surface area contributed by atoms with Gasteiger partial charge in [0.1, 0.15) is 5.78 Å². The molecule has 0 aliphatic rings. The minimum absolute atomic E-state index is 0.194. The van der Waals surface area contributed by atoms with Crippen LogP contribution in [0.4, 0.5) is 0 Å². The molecule has 0 aliphatic heterocycles. The van der Waals surface area contributed by atoms with E-state index in [1.165, 1.54) is 0 Å². The van der Waals surface area contributed by atoms with Crippen LogP contribution in [0, 0.1) is 0 Å². The van der Waals surface area contributed by atoms with Gasteiger partial charge in [-0.25, -0.2) is 0 Å². The van der Waals surface area contributed by atoms with Gasteiger partial charge < -0.3 is 0 Å². The lowest BCUT2D eigenvalue weighted by molar-refractivity contribution is -0.116. The van der Waals surface area contributed by atoms with Crippen LogP contribution >= 0.6 is 9.24 Å². The predicted octanol–water partition coefficient (Wildman–Crippen LogP) is 1.62. The lowest BCUT2D eigenvalue weighted by Crippen LogP contribution is -2.07. The van der Waals surface area contributed by atoms with Crippen molar-refractivity contribution in [3.8, 4) is 0 Å². The molecule has 0 heterocycles. The Morgan fingerprint density at radius 3 is 2.38 bits per heavy atom. The monoisotopic (exact) mass is 132 g/mol. The summed E-state index contributed by atoms with van der Waals surface area (Å²) in [5.41, 5.74) is 0.194. The van der Waals surface area contributed by atoms with E-state index in [0.717, 1.165) is 12.8 Å². The Morgan fingerprint density at radius 1 is 1.75 bits per heavy atom. The molecule has 0 radical (unpaired) electrons. The highest BCUT2D eigenvalue weighted by Gasteiger charge is 2.03. The predicted molar refractivity (Wildman–Crippen MR) is 39.1 cm³/mol. The molecular weight excluding hydrogens is 119 g/mol. The first kappa shape index (κ1) is 8.10. The second-order valence-corrected chi connectivity index (χ2v) is 2.81. The van der Waals surface area contributed by atoms with Crippen molar-refractivity contribution in [1.82, 2.24) is 0 Å². The van der Waals surface area contributed by atoms with Crippen LogP contribution in [0.25, 0.3) is 0 Å². The topological polar surface area (TPSA) is 17.1 Å². The third kappa shape index (κ3) is 3.15. The Labute approximate surface area is 53.1 Å². The van der Waals surface area contributed by atoms with Crippen molar-refractivity contribution in [3.63, 3.8) is 0 Å². The van der Waals surface area contributed by atoms with Crippen LogP contribution in [-0.4, -0.2) is 11.4 Å². The van der Waals surface area contributed by atoms with Crippen LogP contribution in [0.1, 0.15) is 26.7 Å². The minimum atomic E-state index is 0.194. The fraction of sp³-hybridized carbons (Fsp3) is 0.833.